The van der Waals surface area contributed by atoms with E-state index >= 15 is 0 Å². The van der Waals surface area contributed by atoms with Gasteiger partial charge in [-0.3, -0.25) is 9.69 Å². The number of hydrogen-bond donors (Lipinski definition) is 2. The molecule has 0 amide bonds. The number of carboxylic acid groups (broad SMARTS) is 1. The number of benzene rings is 1. The van der Waals surface area contributed by atoms with E-state index in [-0.39, 0.29) is 12.3 Å². The van der Waals surface area contributed by atoms with Crippen molar-refractivity contribution in [2.24, 2.45) is 0 Å². The Balaban J connectivity index is 2.93. The summed E-state index contributed by atoms with van der Waals surface area (Å²) in [6.45, 7) is 2.24. The van der Waals surface area contributed by atoms with Gasteiger partial charge in [-0.25, -0.2) is 4.39 Å². The molecule has 0 radical (unpaired) electrons. The number of phenols is 1. The van der Waals surface area contributed by atoms with E-state index in [1.54, 1.807) is 11.8 Å². The van der Waals surface area contributed by atoms with Crippen LogP contribution in [0.25, 0.3) is 0 Å². The predicted octanol–water partition coefficient (Wildman–Crippen LogP) is 1.63. The smallest absolute Gasteiger partial charge is 0.317 e. The van der Waals surface area contributed by atoms with Crippen LogP contribution >= 0.6 is 0 Å². The molecule has 0 bridgehead atoms. The zero-order chi connectivity index (χ0) is 14.4. The molecule has 0 aliphatic rings. The number of halogens is 1. The van der Waals surface area contributed by atoms with Gasteiger partial charge in [0.25, 0.3) is 0 Å². The number of nitrogens with zero attached hydrogens (tertiary/aromatic N) is 1. The Labute approximate surface area is 111 Å². The molecule has 19 heavy (non-hydrogen) atoms. The van der Waals surface area contributed by atoms with E-state index in [0.717, 1.165) is 6.07 Å². The summed E-state index contributed by atoms with van der Waals surface area (Å²) in [6.07, 6.45) is 0. The number of hydrogen-bond acceptors (Lipinski definition) is 4. The Bertz CT molecular complexity index is 439. The van der Waals surface area contributed by atoms with Gasteiger partial charge in [-0.15, -0.1) is 0 Å². The zero-order valence-electron chi connectivity index (χ0n) is 11.0. The van der Waals surface area contributed by atoms with Crippen LogP contribution in [0.3, 0.4) is 0 Å². The summed E-state index contributed by atoms with van der Waals surface area (Å²) in [5.74, 6) is -1.51. The third-order valence-electron chi connectivity index (χ3n) is 2.91. The average Bonchev–Trinajstić information content (AvgIpc) is 2.36. The first-order chi connectivity index (χ1) is 8.95. The molecule has 0 aromatic heterocycles. The maximum atomic E-state index is 13.2. The molecule has 0 spiro atoms. The second-order valence-corrected chi connectivity index (χ2v) is 4.24. The molecule has 5 nitrogen and oxygen atoms in total. The molecule has 1 atom stereocenters. The van der Waals surface area contributed by atoms with Crippen molar-refractivity contribution >= 4 is 5.97 Å². The fraction of sp³-hybridized carbons (Fsp3) is 0.462. The Hall–Kier alpha value is -1.66. The van der Waals surface area contributed by atoms with Crippen molar-refractivity contribution in [1.82, 2.24) is 4.90 Å². The molecule has 0 saturated carbocycles. The van der Waals surface area contributed by atoms with Gasteiger partial charge >= 0.3 is 5.97 Å². The van der Waals surface area contributed by atoms with E-state index in [0.29, 0.717) is 18.7 Å². The van der Waals surface area contributed by atoms with E-state index in [1.165, 1.54) is 19.2 Å². The monoisotopic (exact) mass is 271 g/mol. The van der Waals surface area contributed by atoms with Gasteiger partial charge in [-0.1, -0.05) is 0 Å². The standard InChI is InChI=1S/C13H18FNO4/c1-9(11-7-10(14)3-4-12(11)16)15(5-6-19-2)8-13(17)18/h3-4,7,9,16H,5-6,8H2,1-2H3,(H,17,18). The number of phenolic OH excluding ortho intramolecular Hbond substituents is 1. The van der Waals surface area contributed by atoms with E-state index in [2.05, 4.69) is 0 Å². The summed E-state index contributed by atoms with van der Waals surface area (Å²) >= 11 is 0. The van der Waals surface area contributed by atoms with Gasteiger partial charge in [-0.2, -0.15) is 0 Å². The van der Waals surface area contributed by atoms with Crippen LogP contribution in [0.1, 0.15) is 18.5 Å². The van der Waals surface area contributed by atoms with E-state index in [9.17, 15) is 14.3 Å². The number of carbonyl (C=O) groups is 1. The van der Waals surface area contributed by atoms with Gasteiger partial charge in [0, 0.05) is 25.3 Å². The first-order valence-electron chi connectivity index (χ1n) is 5.89. The highest BCUT2D eigenvalue weighted by Crippen LogP contribution is 2.28. The zero-order valence-corrected chi connectivity index (χ0v) is 11.0. The highest BCUT2D eigenvalue weighted by molar-refractivity contribution is 5.69. The van der Waals surface area contributed by atoms with Gasteiger partial charge < -0.3 is 14.9 Å². The lowest BCUT2D eigenvalue weighted by Crippen LogP contribution is -2.35. The lowest BCUT2D eigenvalue weighted by atomic mass is 10.1. The number of ether oxygens (including phenoxy) is 1. The second kappa shape index (κ2) is 7.06. The van der Waals surface area contributed by atoms with Crippen molar-refractivity contribution in [3.8, 4) is 5.75 Å². The Morgan fingerprint density at radius 2 is 2.21 bits per heavy atom. The predicted molar refractivity (Wildman–Crippen MR) is 67.6 cm³/mol. The van der Waals surface area contributed by atoms with Gasteiger partial charge in [0.15, 0.2) is 0 Å². The van der Waals surface area contributed by atoms with Crippen LogP contribution in [0.15, 0.2) is 18.2 Å². The molecular formula is C13H18FNO4. The molecule has 0 aliphatic heterocycles. The third-order valence-corrected chi connectivity index (χ3v) is 2.91. The quantitative estimate of drug-likeness (QED) is 0.788. The van der Waals surface area contributed by atoms with E-state index in [1.807, 2.05) is 0 Å². The first kappa shape index (κ1) is 15.4. The molecule has 1 unspecified atom stereocenters. The van der Waals surface area contributed by atoms with Gasteiger partial charge in [0.2, 0.25) is 0 Å². The molecule has 106 valence electrons. The summed E-state index contributed by atoms with van der Waals surface area (Å²) in [5.41, 5.74) is 0.359. The van der Waals surface area contributed by atoms with Crippen LogP contribution in [0.5, 0.6) is 5.75 Å². The summed E-state index contributed by atoms with van der Waals surface area (Å²) < 4.78 is 18.1. The minimum atomic E-state index is -0.987. The number of methoxy groups -OCH3 is 1. The molecule has 0 heterocycles. The maximum absolute atomic E-state index is 13.2. The highest BCUT2D eigenvalue weighted by Gasteiger charge is 2.21. The lowest BCUT2D eigenvalue weighted by Gasteiger charge is -2.28. The molecule has 0 saturated heterocycles. The van der Waals surface area contributed by atoms with Crippen molar-refractivity contribution in [3.05, 3.63) is 29.6 Å². The molecule has 1 aromatic carbocycles. The number of rotatable bonds is 7. The van der Waals surface area contributed by atoms with Gasteiger partial charge in [0.05, 0.1) is 13.2 Å². The van der Waals surface area contributed by atoms with E-state index in [4.69, 9.17) is 9.84 Å². The molecule has 6 heteroatoms. The lowest BCUT2D eigenvalue weighted by molar-refractivity contribution is -0.139. The largest absolute Gasteiger partial charge is 0.508 e. The number of aliphatic carboxylic acids is 1. The Morgan fingerprint density at radius 3 is 2.79 bits per heavy atom. The maximum Gasteiger partial charge on any atom is 0.317 e. The fourth-order valence-corrected chi connectivity index (χ4v) is 1.85. The van der Waals surface area contributed by atoms with Crippen LogP contribution in [-0.2, 0) is 9.53 Å². The van der Waals surface area contributed by atoms with Gasteiger partial charge in [-0.05, 0) is 25.1 Å². The number of carboxylic acids is 1. The average molecular weight is 271 g/mol. The van der Waals surface area contributed by atoms with Gasteiger partial charge in [0.1, 0.15) is 11.6 Å². The van der Waals surface area contributed by atoms with Crippen LogP contribution in [0, 0.1) is 5.82 Å². The van der Waals surface area contributed by atoms with Crippen LogP contribution in [-0.4, -0.2) is 47.9 Å². The summed E-state index contributed by atoms with van der Waals surface area (Å²) in [6, 6.07) is 3.20. The minimum absolute atomic E-state index is 0.0540. The Morgan fingerprint density at radius 1 is 1.53 bits per heavy atom. The molecule has 2 N–H and O–H groups in total. The van der Waals surface area contributed by atoms with Crippen molar-refractivity contribution in [2.45, 2.75) is 13.0 Å². The third kappa shape index (κ3) is 4.50. The van der Waals surface area contributed by atoms with Crippen molar-refractivity contribution in [1.29, 1.82) is 0 Å². The van der Waals surface area contributed by atoms with Crippen molar-refractivity contribution in [3.63, 3.8) is 0 Å². The molecule has 1 rings (SSSR count). The molecule has 0 aliphatic carbocycles. The summed E-state index contributed by atoms with van der Waals surface area (Å²) in [4.78, 5) is 12.4. The summed E-state index contributed by atoms with van der Waals surface area (Å²) in [5, 5.41) is 18.6. The Kier molecular flexibility index (Phi) is 5.72. The highest BCUT2D eigenvalue weighted by atomic mass is 19.1. The molecule has 0 fully saturated rings. The normalized spacial score (nSPS) is 12.6. The second-order valence-electron chi connectivity index (χ2n) is 4.24. The van der Waals surface area contributed by atoms with Crippen LogP contribution in [0.2, 0.25) is 0 Å². The molecular weight excluding hydrogens is 253 g/mol. The molecule has 1 aromatic rings. The summed E-state index contributed by atoms with van der Waals surface area (Å²) in [7, 11) is 1.52. The SMILES string of the molecule is COCCN(CC(=O)O)C(C)c1cc(F)ccc1O. The van der Waals surface area contributed by atoms with Crippen LogP contribution < -0.4 is 0 Å². The topological polar surface area (TPSA) is 70.0 Å². The minimum Gasteiger partial charge on any atom is -0.508 e. The van der Waals surface area contributed by atoms with Crippen LogP contribution in [0.4, 0.5) is 4.39 Å². The number of aromatic hydroxyl groups is 1. The first-order valence-corrected chi connectivity index (χ1v) is 5.89. The fourth-order valence-electron chi connectivity index (χ4n) is 1.85. The van der Waals surface area contributed by atoms with E-state index < -0.39 is 17.8 Å². The van der Waals surface area contributed by atoms with Crippen molar-refractivity contribution in [2.75, 3.05) is 26.8 Å². The van der Waals surface area contributed by atoms with Crippen molar-refractivity contribution < 1.29 is 24.1 Å².